The number of hydrogen-bond acceptors (Lipinski definition) is 0. The Bertz CT molecular complexity index is 49.3. The number of hydrogen-bond donors (Lipinski definition) is 0. The molecular weight excluding hydrogens is 134 g/mol. The van der Waals surface area contributed by atoms with Crippen LogP contribution in [0.2, 0.25) is 0 Å². The fraction of sp³-hybridized carbons (Fsp3) is 1.00. The summed E-state index contributed by atoms with van der Waals surface area (Å²) in [6.45, 7) is 4.56. The standard InChI is InChI=1S/C6H16P2/c1-3-6(2,4-7)5-8/h3-5,7-8H2,1-2H3. The molecule has 0 nitrogen and oxygen atoms in total. The van der Waals surface area contributed by atoms with Crippen molar-refractivity contribution in [2.45, 2.75) is 20.3 Å². The molecule has 0 bridgehead atoms. The average Bonchev–Trinajstić information content (AvgIpc) is 1.87. The quantitative estimate of drug-likeness (QED) is 0.541. The van der Waals surface area contributed by atoms with Gasteiger partial charge >= 0.3 is 0 Å². The lowest BCUT2D eigenvalue weighted by molar-refractivity contribution is 0.417. The molecule has 0 rings (SSSR count). The Kier molecular flexibility index (Phi) is 4.21. The van der Waals surface area contributed by atoms with Crippen LogP contribution in [0.3, 0.4) is 0 Å². The van der Waals surface area contributed by atoms with Gasteiger partial charge in [0.15, 0.2) is 0 Å². The lowest BCUT2D eigenvalue weighted by Gasteiger charge is -2.23. The van der Waals surface area contributed by atoms with Crippen molar-refractivity contribution in [3.05, 3.63) is 0 Å². The van der Waals surface area contributed by atoms with E-state index in [2.05, 4.69) is 32.3 Å². The summed E-state index contributed by atoms with van der Waals surface area (Å²) >= 11 is 0. The summed E-state index contributed by atoms with van der Waals surface area (Å²) in [5.41, 5.74) is 0.551. The second kappa shape index (κ2) is 3.80. The molecule has 0 aromatic heterocycles. The highest BCUT2D eigenvalue weighted by Crippen LogP contribution is 2.25. The predicted molar refractivity (Wildman–Crippen MR) is 47.6 cm³/mol. The number of rotatable bonds is 3. The molecule has 0 aliphatic rings. The second-order valence-corrected chi connectivity index (χ2v) is 3.39. The lowest BCUT2D eigenvalue weighted by atomic mass is 9.93. The monoisotopic (exact) mass is 150 g/mol. The molecule has 0 amide bonds. The van der Waals surface area contributed by atoms with E-state index < -0.39 is 0 Å². The Morgan fingerprint density at radius 2 is 1.62 bits per heavy atom. The van der Waals surface area contributed by atoms with Crippen LogP contribution in [0.15, 0.2) is 0 Å². The molecule has 0 aliphatic heterocycles. The predicted octanol–water partition coefficient (Wildman–Crippen LogP) is 2.15. The first-order chi connectivity index (χ1) is 3.68. The summed E-state index contributed by atoms with van der Waals surface area (Å²) in [4.78, 5) is 0. The normalized spacial score (nSPS) is 12.0. The van der Waals surface area contributed by atoms with E-state index in [1.807, 2.05) is 0 Å². The minimum atomic E-state index is 0.551. The van der Waals surface area contributed by atoms with Crippen LogP contribution in [-0.2, 0) is 0 Å². The lowest BCUT2D eigenvalue weighted by Crippen LogP contribution is -2.18. The topological polar surface area (TPSA) is 0 Å². The third-order valence-corrected chi connectivity index (χ3v) is 3.81. The molecule has 0 aromatic rings. The van der Waals surface area contributed by atoms with E-state index in [4.69, 9.17) is 0 Å². The molecule has 0 aromatic carbocycles. The van der Waals surface area contributed by atoms with Crippen molar-refractivity contribution < 1.29 is 0 Å². The van der Waals surface area contributed by atoms with Crippen LogP contribution < -0.4 is 0 Å². The molecule has 0 saturated carbocycles. The van der Waals surface area contributed by atoms with Crippen molar-refractivity contribution in [3.8, 4) is 0 Å². The molecule has 0 aliphatic carbocycles. The Hall–Kier alpha value is 0.860. The molecule has 0 saturated heterocycles. The van der Waals surface area contributed by atoms with Crippen molar-refractivity contribution in [1.82, 2.24) is 0 Å². The third-order valence-electron chi connectivity index (χ3n) is 1.84. The zero-order valence-corrected chi connectivity index (χ0v) is 8.09. The molecule has 8 heavy (non-hydrogen) atoms. The SMILES string of the molecule is CCC(C)(CP)CP. The molecule has 2 unspecified atom stereocenters. The highest BCUT2D eigenvalue weighted by atomic mass is 31.0. The molecule has 2 heteroatoms. The van der Waals surface area contributed by atoms with Gasteiger partial charge in [-0.1, -0.05) is 20.3 Å². The fourth-order valence-electron chi connectivity index (χ4n) is 0.372. The minimum absolute atomic E-state index is 0.551. The van der Waals surface area contributed by atoms with Gasteiger partial charge in [0.25, 0.3) is 0 Å². The van der Waals surface area contributed by atoms with Gasteiger partial charge in [0, 0.05) is 0 Å². The molecule has 0 fully saturated rings. The van der Waals surface area contributed by atoms with Gasteiger partial charge in [-0.3, -0.25) is 0 Å². The van der Waals surface area contributed by atoms with E-state index in [0.717, 1.165) is 0 Å². The van der Waals surface area contributed by atoms with Crippen LogP contribution in [0, 0.1) is 5.41 Å². The van der Waals surface area contributed by atoms with Crippen molar-refractivity contribution >= 4 is 18.5 Å². The Balaban J connectivity index is 3.58. The van der Waals surface area contributed by atoms with Gasteiger partial charge < -0.3 is 0 Å². The van der Waals surface area contributed by atoms with E-state index in [9.17, 15) is 0 Å². The van der Waals surface area contributed by atoms with Crippen molar-refractivity contribution in [1.29, 1.82) is 0 Å². The van der Waals surface area contributed by atoms with Gasteiger partial charge in [0.1, 0.15) is 0 Å². The summed E-state index contributed by atoms with van der Waals surface area (Å²) in [6.07, 6.45) is 3.71. The molecule has 0 radical (unpaired) electrons. The van der Waals surface area contributed by atoms with Crippen LogP contribution in [-0.4, -0.2) is 12.3 Å². The van der Waals surface area contributed by atoms with Crippen LogP contribution >= 0.6 is 18.5 Å². The highest BCUT2D eigenvalue weighted by molar-refractivity contribution is 7.17. The first-order valence-electron chi connectivity index (χ1n) is 3.08. The Morgan fingerprint density at radius 3 is 1.62 bits per heavy atom. The van der Waals surface area contributed by atoms with Gasteiger partial charge in [-0.2, -0.15) is 0 Å². The molecule has 0 spiro atoms. The van der Waals surface area contributed by atoms with Gasteiger partial charge in [-0.25, -0.2) is 0 Å². The maximum atomic E-state index is 2.80. The first-order valence-corrected chi connectivity index (χ1v) is 4.72. The van der Waals surface area contributed by atoms with E-state index in [0.29, 0.717) is 5.41 Å². The maximum Gasteiger partial charge on any atom is -0.0259 e. The van der Waals surface area contributed by atoms with E-state index >= 15 is 0 Å². The van der Waals surface area contributed by atoms with Crippen molar-refractivity contribution in [2.75, 3.05) is 12.3 Å². The largest absolute Gasteiger partial charge is 0.137 e. The molecular formula is C6H16P2. The molecule has 0 N–H and O–H groups in total. The van der Waals surface area contributed by atoms with Crippen LogP contribution in [0.4, 0.5) is 0 Å². The highest BCUT2D eigenvalue weighted by Gasteiger charge is 2.15. The van der Waals surface area contributed by atoms with E-state index in [-0.39, 0.29) is 0 Å². The van der Waals surface area contributed by atoms with Crippen molar-refractivity contribution in [3.63, 3.8) is 0 Å². The smallest absolute Gasteiger partial charge is 0.0259 e. The van der Waals surface area contributed by atoms with Gasteiger partial charge in [-0.15, -0.1) is 18.5 Å². The Morgan fingerprint density at radius 1 is 1.25 bits per heavy atom. The van der Waals surface area contributed by atoms with Crippen LogP contribution in [0.1, 0.15) is 20.3 Å². The molecule has 0 heterocycles. The summed E-state index contributed by atoms with van der Waals surface area (Å²) in [7, 11) is 5.60. The van der Waals surface area contributed by atoms with Gasteiger partial charge in [-0.05, 0) is 17.7 Å². The zero-order chi connectivity index (χ0) is 6.62. The molecule has 50 valence electrons. The second-order valence-electron chi connectivity index (χ2n) is 2.57. The van der Waals surface area contributed by atoms with E-state index in [1.54, 1.807) is 0 Å². The first kappa shape index (κ1) is 8.86. The molecule has 2 atom stereocenters. The zero-order valence-electron chi connectivity index (χ0n) is 5.78. The van der Waals surface area contributed by atoms with Crippen LogP contribution in [0.25, 0.3) is 0 Å². The van der Waals surface area contributed by atoms with E-state index in [1.165, 1.54) is 18.7 Å². The fourth-order valence-corrected chi connectivity index (χ4v) is 1.62. The summed E-state index contributed by atoms with van der Waals surface area (Å²) < 4.78 is 0. The summed E-state index contributed by atoms with van der Waals surface area (Å²) in [6, 6.07) is 0. The minimum Gasteiger partial charge on any atom is -0.137 e. The van der Waals surface area contributed by atoms with Crippen molar-refractivity contribution in [2.24, 2.45) is 5.41 Å². The average molecular weight is 150 g/mol. The maximum absolute atomic E-state index is 2.80. The summed E-state index contributed by atoms with van der Waals surface area (Å²) in [5, 5.41) is 0. The van der Waals surface area contributed by atoms with Crippen LogP contribution in [0.5, 0.6) is 0 Å². The summed E-state index contributed by atoms with van der Waals surface area (Å²) in [5.74, 6) is 0. The van der Waals surface area contributed by atoms with Gasteiger partial charge in [0.05, 0.1) is 0 Å². The van der Waals surface area contributed by atoms with Gasteiger partial charge in [0.2, 0.25) is 0 Å². The third kappa shape index (κ3) is 2.42. The Labute approximate surface area is 57.2 Å².